The summed E-state index contributed by atoms with van der Waals surface area (Å²) in [6, 6.07) is 3.93. The molecule has 2 aromatic rings. The van der Waals surface area contributed by atoms with E-state index >= 15 is 0 Å². The van der Waals surface area contributed by atoms with E-state index in [2.05, 4.69) is 19.9 Å². The van der Waals surface area contributed by atoms with Crippen LogP contribution in [-0.4, -0.2) is 64.9 Å². The molecule has 152 valence electrons. The molecule has 0 spiro atoms. The van der Waals surface area contributed by atoms with Crippen molar-refractivity contribution in [3.8, 4) is 10.6 Å². The monoisotopic (exact) mass is 412 g/mol. The van der Waals surface area contributed by atoms with Crippen molar-refractivity contribution in [1.29, 1.82) is 0 Å². The molecule has 9 heteroatoms. The zero-order chi connectivity index (χ0) is 20.4. The van der Waals surface area contributed by atoms with Crippen LogP contribution in [0.1, 0.15) is 28.2 Å². The number of carbonyl (C=O) groups excluding carboxylic acids is 1. The number of piperidine rings is 1. The van der Waals surface area contributed by atoms with Gasteiger partial charge in [-0.1, -0.05) is 0 Å². The van der Waals surface area contributed by atoms with E-state index < -0.39 is 0 Å². The second kappa shape index (κ2) is 8.30. The molecule has 1 atom stereocenters. The minimum atomic E-state index is -0.296. The smallest absolute Gasteiger partial charge is 0.270 e. The number of hydrogen-bond acceptors (Lipinski definition) is 8. The zero-order valence-electron chi connectivity index (χ0n) is 16.3. The number of anilines is 1. The van der Waals surface area contributed by atoms with Crippen LogP contribution in [0.4, 0.5) is 5.82 Å². The van der Waals surface area contributed by atoms with Gasteiger partial charge in [0.2, 0.25) is 0 Å². The van der Waals surface area contributed by atoms with Gasteiger partial charge < -0.3 is 20.6 Å². The maximum Gasteiger partial charge on any atom is 0.270 e. The molecule has 0 unspecified atom stereocenters. The lowest BCUT2D eigenvalue weighted by molar-refractivity contribution is 0.0805. The highest BCUT2D eigenvalue weighted by Crippen LogP contribution is 2.33. The number of thiazole rings is 1. The van der Waals surface area contributed by atoms with E-state index in [0.29, 0.717) is 30.1 Å². The van der Waals surface area contributed by atoms with Crippen molar-refractivity contribution in [2.24, 2.45) is 10.7 Å². The fourth-order valence-electron chi connectivity index (χ4n) is 3.70. The number of aliphatic hydroxyl groups is 1. The number of aromatic nitrogens is 2. The summed E-state index contributed by atoms with van der Waals surface area (Å²) in [6.07, 6.45) is 6.96. The summed E-state index contributed by atoms with van der Waals surface area (Å²) in [5.41, 5.74) is 7.96. The van der Waals surface area contributed by atoms with Crippen molar-refractivity contribution < 1.29 is 9.90 Å². The van der Waals surface area contributed by atoms with E-state index in [9.17, 15) is 9.90 Å². The molecule has 0 radical (unpaired) electrons. The number of hydrogen-bond donors (Lipinski definition) is 2. The highest BCUT2D eigenvalue weighted by atomic mass is 32.1. The number of amides is 1. The number of nitrogens with two attached hydrogens (primary N) is 1. The Balaban J connectivity index is 1.55. The Morgan fingerprint density at radius 1 is 1.41 bits per heavy atom. The Morgan fingerprint density at radius 2 is 2.28 bits per heavy atom. The molecule has 3 N–H and O–H groups in total. The first-order valence-electron chi connectivity index (χ1n) is 9.65. The number of nitrogens with zero attached hydrogens (tertiary/aromatic N) is 5. The SMILES string of the molecule is CN=C/C(=C\N)N1CCc2nc(-c3ccc(N4CCC[C@H](O)C4)nc3)sc2C1=O. The molecule has 29 heavy (non-hydrogen) atoms. The Labute approximate surface area is 173 Å². The lowest BCUT2D eigenvalue weighted by Crippen LogP contribution is -2.38. The fraction of sp³-hybridized carbons (Fsp3) is 0.400. The minimum Gasteiger partial charge on any atom is -0.403 e. The molecule has 1 saturated heterocycles. The molecule has 0 saturated carbocycles. The summed E-state index contributed by atoms with van der Waals surface area (Å²) in [6.45, 7) is 2.04. The van der Waals surface area contributed by atoms with Gasteiger partial charge in [0.05, 0.1) is 17.5 Å². The number of aliphatic hydroxyl groups excluding tert-OH is 1. The molecular weight excluding hydrogens is 388 g/mol. The van der Waals surface area contributed by atoms with E-state index in [1.165, 1.54) is 17.5 Å². The fourth-order valence-corrected chi connectivity index (χ4v) is 4.75. The third kappa shape index (κ3) is 3.88. The van der Waals surface area contributed by atoms with Gasteiger partial charge in [-0.25, -0.2) is 9.97 Å². The first-order valence-corrected chi connectivity index (χ1v) is 10.5. The third-order valence-corrected chi connectivity index (χ3v) is 6.30. The highest BCUT2D eigenvalue weighted by molar-refractivity contribution is 7.17. The van der Waals surface area contributed by atoms with Crippen molar-refractivity contribution in [3.63, 3.8) is 0 Å². The summed E-state index contributed by atoms with van der Waals surface area (Å²) in [7, 11) is 1.65. The Hall–Kier alpha value is -2.78. The van der Waals surface area contributed by atoms with E-state index in [4.69, 9.17) is 5.73 Å². The van der Waals surface area contributed by atoms with E-state index in [1.807, 2.05) is 12.1 Å². The normalized spacial score (nSPS) is 20.4. The van der Waals surface area contributed by atoms with Crippen LogP contribution < -0.4 is 10.6 Å². The maximum absolute atomic E-state index is 12.9. The topological polar surface area (TPSA) is 108 Å². The van der Waals surface area contributed by atoms with Crippen molar-refractivity contribution in [2.75, 3.05) is 31.6 Å². The van der Waals surface area contributed by atoms with Gasteiger partial charge >= 0.3 is 0 Å². The summed E-state index contributed by atoms with van der Waals surface area (Å²) < 4.78 is 0. The summed E-state index contributed by atoms with van der Waals surface area (Å²) in [5, 5.41) is 10.7. The maximum atomic E-state index is 12.9. The number of aliphatic imine (C=N–C) groups is 1. The van der Waals surface area contributed by atoms with Crippen LogP contribution in [0.3, 0.4) is 0 Å². The largest absolute Gasteiger partial charge is 0.403 e. The summed E-state index contributed by atoms with van der Waals surface area (Å²) >= 11 is 1.38. The summed E-state index contributed by atoms with van der Waals surface area (Å²) in [5.74, 6) is 0.756. The van der Waals surface area contributed by atoms with Gasteiger partial charge in [-0.2, -0.15) is 0 Å². The lowest BCUT2D eigenvalue weighted by atomic mass is 10.1. The quantitative estimate of drug-likeness (QED) is 0.740. The predicted molar refractivity (Wildman–Crippen MR) is 114 cm³/mol. The van der Waals surface area contributed by atoms with Gasteiger partial charge in [-0.05, 0) is 25.0 Å². The third-order valence-electron chi connectivity index (χ3n) is 5.17. The molecule has 0 aliphatic carbocycles. The summed E-state index contributed by atoms with van der Waals surface area (Å²) in [4.78, 5) is 30.5. The average Bonchev–Trinajstić information content (AvgIpc) is 3.18. The predicted octanol–water partition coefficient (Wildman–Crippen LogP) is 1.67. The molecule has 1 fully saturated rings. The van der Waals surface area contributed by atoms with Gasteiger partial charge in [-0.3, -0.25) is 9.79 Å². The first kappa shape index (κ1) is 19.5. The first-order chi connectivity index (χ1) is 14.1. The standard InChI is InChI=1S/C20H24N6O2S/c1-22-11-14(9-21)26-8-6-16-18(20(26)28)29-19(24-16)13-4-5-17(23-10-13)25-7-2-3-15(27)12-25/h4-5,9-11,15,27H,2-3,6-8,12,21H2,1H3/b14-9+,22-11?/t15-/m0/s1. The number of carbonyl (C=O) groups is 1. The van der Waals surface area contributed by atoms with Gasteiger partial charge in [0.15, 0.2) is 0 Å². The van der Waals surface area contributed by atoms with Gasteiger partial charge in [-0.15, -0.1) is 11.3 Å². The molecule has 4 heterocycles. The Kier molecular flexibility index (Phi) is 5.59. The molecular formula is C20H24N6O2S. The van der Waals surface area contributed by atoms with Crippen LogP contribution in [0, 0.1) is 0 Å². The number of rotatable bonds is 4. The van der Waals surface area contributed by atoms with E-state index in [0.717, 1.165) is 41.5 Å². The van der Waals surface area contributed by atoms with Crippen molar-refractivity contribution in [3.05, 3.63) is 40.8 Å². The van der Waals surface area contributed by atoms with Crippen LogP contribution in [0.5, 0.6) is 0 Å². The van der Waals surface area contributed by atoms with Crippen LogP contribution in [-0.2, 0) is 6.42 Å². The van der Waals surface area contributed by atoms with Crippen LogP contribution in [0.2, 0.25) is 0 Å². The second-order valence-corrected chi connectivity index (χ2v) is 8.13. The Bertz CT molecular complexity index is 952. The minimum absolute atomic E-state index is 0.0986. The van der Waals surface area contributed by atoms with Crippen molar-refractivity contribution >= 4 is 29.3 Å². The molecule has 0 bridgehead atoms. The molecule has 8 nitrogen and oxygen atoms in total. The average molecular weight is 413 g/mol. The van der Waals surface area contributed by atoms with Crippen molar-refractivity contribution in [2.45, 2.75) is 25.4 Å². The number of pyridine rings is 1. The van der Waals surface area contributed by atoms with Crippen molar-refractivity contribution in [1.82, 2.24) is 14.9 Å². The number of β-amino-alcohol motifs (C(OH)–C–C–N with tert-alkyl or cyclic N) is 1. The van der Waals surface area contributed by atoms with Gasteiger partial charge in [0.1, 0.15) is 15.7 Å². The molecule has 2 aliphatic rings. The molecule has 0 aromatic carbocycles. The molecule has 2 aliphatic heterocycles. The number of allylic oxidation sites excluding steroid dienone is 1. The lowest BCUT2D eigenvalue weighted by Gasteiger charge is -2.30. The van der Waals surface area contributed by atoms with Gasteiger partial charge in [0.25, 0.3) is 5.91 Å². The van der Waals surface area contributed by atoms with Crippen LogP contribution in [0.15, 0.2) is 35.2 Å². The zero-order valence-corrected chi connectivity index (χ0v) is 17.1. The number of fused-ring (bicyclic) bond motifs is 1. The van der Waals surface area contributed by atoms with Crippen LogP contribution in [0.25, 0.3) is 10.6 Å². The Morgan fingerprint density at radius 3 is 2.97 bits per heavy atom. The molecule has 4 rings (SSSR count). The highest BCUT2D eigenvalue weighted by Gasteiger charge is 2.30. The van der Waals surface area contributed by atoms with Gasteiger partial charge in [0, 0.05) is 57.3 Å². The molecule has 1 amide bonds. The van der Waals surface area contributed by atoms with Crippen LogP contribution >= 0.6 is 11.3 Å². The van der Waals surface area contributed by atoms with E-state index in [1.54, 1.807) is 24.4 Å². The van der Waals surface area contributed by atoms with E-state index in [-0.39, 0.29) is 12.0 Å². The second-order valence-electron chi connectivity index (χ2n) is 7.13. The molecule has 2 aromatic heterocycles.